The van der Waals surface area contributed by atoms with E-state index in [1.807, 2.05) is 32.0 Å². The molecule has 0 fully saturated rings. The monoisotopic (exact) mass is 436 g/mol. The van der Waals surface area contributed by atoms with E-state index in [-0.39, 0.29) is 17.1 Å². The maximum absolute atomic E-state index is 12.4. The molecule has 138 valence electrons. The summed E-state index contributed by atoms with van der Waals surface area (Å²) < 4.78 is 11.7. The molecular formula is C19H21BrN2O3S. The molecular weight excluding hydrogens is 416 g/mol. The summed E-state index contributed by atoms with van der Waals surface area (Å²) in [7, 11) is 1.59. The van der Waals surface area contributed by atoms with Gasteiger partial charge < -0.3 is 14.8 Å². The molecule has 1 atom stereocenters. The fourth-order valence-corrected chi connectivity index (χ4v) is 2.86. The average Bonchev–Trinajstić information content (AvgIpc) is 2.61. The van der Waals surface area contributed by atoms with Crippen molar-refractivity contribution in [3.63, 3.8) is 0 Å². The number of halogens is 1. The fraction of sp³-hybridized carbons (Fsp3) is 0.263. The van der Waals surface area contributed by atoms with Crippen LogP contribution < -0.4 is 20.1 Å². The SMILES string of the molecule is CC[C@H](C)Oc1cccc(C(=O)NC(=S)Nc2ccc(OC)c(Br)c2)c1. The molecule has 0 bridgehead atoms. The lowest BCUT2D eigenvalue weighted by molar-refractivity contribution is 0.0977. The van der Waals surface area contributed by atoms with E-state index in [0.717, 1.165) is 16.6 Å². The zero-order valence-corrected chi connectivity index (χ0v) is 17.2. The van der Waals surface area contributed by atoms with Crippen LogP contribution in [-0.4, -0.2) is 24.2 Å². The Kier molecular flexibility index (Phi) is 7.41. The lowest BCUT2D eigenvalue weighted by Crippen LogP contribution is -2.34. The van der Waals surface area contributed by atoms with E-state index in [4.69, 9.17) is 21.7 Å². The van der Waals surface area contributed by atoms with Crippen molar-refractivity contribution >= 4 is 44.9 Å². The summed E-state index contributed by atoms with van der Waals surface area (Å²) in [6.07, 6.45) is 0.978. The smallest absolute Gasteiger partial charge is 0.257 e. The number of carbonyl (C=O) groups is 1. The third-order valence-electron chi connectivity index (χ3n) is 3.65. The first-order valence-corrected chi connectivity index (χ1v) is 9.35. The van der Waals surface area contributed by atoms with E-state index in [0.29, 0.717) is 17.1 Å². The first-order chi connectivity index (χ1) is 12.4. The molecule has 0 saturated carbocycles. The molecule has 0 aromatic heterocycles. The number of hydrogen-bond donors (Lipinski definition) is 2. The second kappa shape index (κ2) is 9.54. The van der Waals surface area contributed by atoms with E-state index in [1.165, 1.54) is 0 Å². The van der Waals surface area contributed by atoms with Crippen LogP contribution in [0.25, 0.3) is 0 Å². The van der Waals surface area contributed by atoms with Crippen LogP contribution in [0.3, 0.4) is 0 Å². The number of rotatable bonds is 6. The van der Waals surface area contributed by atoms with Crippen molar-refractivity contribution in [1.29, 1.82) is 0 Å². The topological polar surface area (TPSA) is 59.6 Å². The Morgan fingerprint density at radius 2 is 2.04 bits per heavy atom. The molecule has 2 aromatic carbocycles. The number of ether oxygens (including phenoxy) is 2. The minimum Gasteiger partial charge on any atom is -0.496 e. The summed E-state index contributed by atoms with van der Waals surface area (Å²) >= 11 is 8.63. The van der Waals surface area contributed by atoms with Crippen LogP contribution in [-0.2, 0) is 0 Å². The molecule has 2 aromatic rings. The highest BCUT2D eigenvalue weighted by Crippen LogP contribution is 2.27. The maximum atomic E-state index is 12.4. The van der Waals surface area contributed by atoms with Crippen molar-refractivity contribution in [3.05, 3.63) is 52.5 Å². The van der Waals surface area contributed by atoms with Gasteiger partial charge in [-0.25, -0.2) is 0 Å². The van der Waals surface area contributed by atoms with Crippen molar-refractivity contribution < 1.29 is 14.3 Å². The van der Waals surface area contributed by atoms with Gasteiger partial charge in [-0.15, -0.1) is 0 Å². The van der Waals surface area contributed by atoms with Crippen LogP contribution in [0.2, 0.25) is 0 Å². The van der Waals surface area contributed by atoms with E-state index in [1.54, 1.807) is 31.4 Å². The predicted octanol–water partition coefficient (Wildman–Crippen LogP) is 4.76. The Morgan fingerprint density at radius 1 is 1.27 bits per heavy atom. The molecule has 0 spiro atoms. The van der Waals surface area contributed by atoms with E-state index in [2.05, 4.69) is 26.6 Å². The van der Waals surface area contributed by atoms with Crippen LogP contribution >= 0.6 is 28.1 Å². The maximum Gasteiger partial charge on any atom is 0.257 e. The molecule has 2 N–H and O–H groups in total. The number of carbonyl (C=O) groups excluding carboxylic acids is 1. The van der Waals surface area contributed by atoms with Crippen LogP contribution in [0.5, 0.6) is 11.5 Å². The number of hydrogen-bond acceptors (Lipinski definition) is 4. The normalized spacial score (nSPS) is 11.4. The molecule has 7 heteroatoms. The van der Waals surface area contributed by atoms with Gasteiger partial charge in [-0.05, 0) is 77.9 Å². The van der Waals surface area contributed by atoms with E-state index < -0.39 is 0 Å². The lowest BCUT2D eigenvalue weighted by Gasteiger charge is -2.14. The highest BCUT2D eigenvalue weighted by molar-refractivity contribution is 9.10. The Labute approximate surface area is 167 Å². The number of nitrogens with one attached hydrogen (secondary N) is 2. The number of methoxy groups -OCH3 is 1. The van der Waals surface area contributed by atoms with E-state index in [9.17, 15) is 4.79 Å². The van der Waals surface area contributed by atoms with Gasteiger partial charge >= 0.3 is 0 Å². The third kappa shape index (κ3) is 5.71. The molecule has 0 unspecified atom stereocenters. The molecule has 5 nitrogen and oxygen atoms in total. The summed E-state index contributed by atoms with van der Waals surface area (Å²) in [5.74, 6) is 1.07. The van der Waals surface area contributed by atoms with Crippen molar-refractivity contribution in [2.24, 2.45) is 0 Å². The Hall–Kier alpha value is -2.12. The first kappa shape index (κ1) is 20.2. The van der Waals surface area contributed by atoms with Crippen LogP contribution in [0.1, 0.15) is 30.6 Å². The Bertz CT molecular complexity index is 798. The number of benzene rings is 2. The molecule has 0 saturated heterocycles. The minimum absolute atomic E-state index is 0.0876. The highest BCUT2D eigenvalue weighted by Gasteiger charge is 2.11. The molecule has 1 amide bonds. The van der Waals surface area contributed by atoms with Crippen LogP contribution in [0.15, 0.2) is 46.9 Å². The van der Waals surface area contributed by atoms with Gasteiger partial charge in [0.05, 0.1) is 17.7 Å². The fourth-order valence-electron chi connectivity index (χ4n) is 2.11. The second-order valence-corrected chi connectivity index (χ2v) is 6.88. The van der Waals surface area contributed by atoms with Gasteiger partial charge in [-0.1, -0.05) is 13.0 Å². The largest absolute Gasteiger partial charge is 0.496 e. The summed E-state index contributed by atoms with van der Waals surface area (Å²) in [6.45, 7) is 4.03. The summed E-state index contributed by atoms with van der Waals surface area (Å²) in [4.78, 5) is 12.4. The second-order valence-electron chi connectivity index (χ2n) is 5.62. The number of thiocarbonyl (C=S) groups is 1. The standard InChI is InChI=1S/C19H21BrN2O3S/c1-4-12(2)25-15-7-5-6-13(10-15)18(23)22-19(26)21-14-8-9-17(24-3)16(20)11-14/h5-12H,4H2,1-3H3,(H2,21,22,23,26)/t12-/m0/s1. The molecule has 0 aliphatic carbocycles. The van der Waals surface area contributed by atoms with Gasteiger partial charge in [-0.3, -0.25) is 10.1 Å². The van der Waals surface area contributed by atoms with Gasteiger partial charge in [0.15, 0.2) is 5.11 Å². The van der Waals surface area contributed by atoms with E-state index >= 15 is 0 Å². The molecule has 0 aliphatic rings. The highest BCUT2D eigenvalue weighted by atomic mass is 79.9. The third-order valence-corrected chi connectivity index (χ3v) is 4.47. The van der Waals surface area contributed by atoms with Crippen molar-refractivity contribution in [1.82, 2.24) is 5.32 Å². The van der Waals surface area contributed by atoms with Gasteiger partial charge in [-0.2, -0.15) is 0 Å². The van der Waals surface area contributed by atoms with Crippen LogP contribution in [0, 0.1) is 0 Å². The average molecular weight is 437 g/mol. The summed E-state index contributed by atoms with van der Waals surface area (Å²) in [6, 6.07) is 12.4. The lowest BCUT2D eigenvalue weighted by atomic mass is 10.2. The van der Waals surface area contributed by atoms with Crippen molar-refractivity contribution in [2.45, 2.75) is 26.4 Å². The Morgan fingerprint density at radius 3 is 2.69 bits per heavy atom. The number of anilines is 1. The molecule has 0 aliphatic heterocycles. The van der Waals surface area contributed by atoms with Crippen molar-refractivity contribution in [2.75, 3.05) is 12.4 Å². The quantitative estimate of drug-likeness (QED) is 0.639. The van der Waals surface area contributed by atoms with Crippen molar-refractivity contribution in [3.8, 4) is 11.5 Å². The Balaban J connectivity index is 1.99. The van der Waals surface area contributed by atoms with Gasteiger partial charge in [0.2, 0.25) is 0 Å². The van der Waals surface area contributed by atoms with Gasteiger partial charge in [0.1, 0.15) is 11.5 Å². The molecule has 26 heavy (non-hydrogen) atoms. The summed E-state index contributed by atoms with van der Waals surface area (Å²) in [5.41, 5.74) is 1.21. The zero-order chi connectivity index (χ0) is 19.1. The molecule has 0 heterocycles. The number of amides is 1. The first-order valence-electron chi connectivity index (χ1n) is 8.15. The van der Waals surface area contributed by atoms with Gasteiger partial charge in [0, 0.05) is 11.3 Å². The zero-order valence-electron chi connectivity index (χ0n) is 14.8. The van der Waals surface area contributed by atoms with Gasteiger partial charge in [0.25, 0.3) is 5.91 Å². The molecule has 2 rings (SSSR count). The molecule has 0 radical (unpaired) electrons. The minimum atomic E-state index is -0.301. The predicted molar refractivity (Wildman–Crippen MR) is 111 cm³/mol. The summed E-state index contributed by atoms with van der Waals surface area (Å²) in [5, 5.41) is 5.85. The van der Waals surface area contributed by atoms with Crippen LogP contribution in [0.4, 0.5) is 5.69 Å².